The Kier molecular flexibility index (Phi) is 3.49. The summed E-state index contributed by atoms with van der Waals surface area (Å²) >= 11 is 0. The largest absolute Gasteiger partial charge is 0.294 e. The quantitative estimate of drug-likeness (QED) is 0.809. The van der Waals surface area contributed by atoms with Crippen molar-refractivity contribution < 1.29 is 4.79 Å². The van der Waals surface area contributed by atoms with Crippen molar-refractivity contribution in [2.24, 2.45) is 17.3 Å². The average molecular weight is 286 g/mol. The van der Waals surface area contributed by atoms with E-state index in [-0.39, 0.29) is 11.7 Å². The first-order valence-electron chi connectivity index (χ1n) is 7.18. The van der Waals surface area contributed by atoms with Gasteiger partial charge in [-0.15, -0.1) is 0 Å². The van der Waals surface area contributed by atoms with Gasteiger partial charge in [-0.1, -0.05) is 60.7 Å². The van der Waals surface area contributed by atoms with Crippen LogP contribution in [-0.4, -0.2) is 5.78 Å². The van der Waals surface area contributed by atoms with Gasteiger partial charge in [0.15, 0.2) is 11.2 Å². The van der Waals surface area contributed by atoms with Crippen molar-refractivity contribution >= 4 is 5.78 Å². The minimum Gasteiger partial charge on any atom is -0.294 e. The maximum atomic E-state index is 12.6. The minimum atomic E-state index is -1.19. The Bertz CT molecular complexity index is 755. The molecule has 2 aromatic rings. The Hall–Kier alpha value is -2.91. The second-order valence-electron chi connectivity index (χ2n) is 5.60. The molecule has 0 aliphatic heterocycles. The zero-order chi connectivity index (χ0) is 15.6. The van der Waals surface area contributed by atoms with Crippen LogP contribution in [0, 0.1) is 39.9 Å². The maximum absolute atomic E-state index is 12.6. The van der Waals surface area contributed by atoms with Crippen molar-refractivity contribution in [3.8, 4) is 12.1 Å². The number of ketones is 1. The molecule has 106 valence electrons. The third-order valence-electron chi connectivity index (χ3n) is 4.38. The topological polar surface area (TPSA) is 64.7 Å². The lowest BCUT2D eigenvalue weighted by atomic mass is 10.0. The van der Waals surface area contributed by atoms with Gasteiger partial charge in [-0.25, -0.2) is 0 Å². The molecule has 0 saturated heterocycles. The lowest BCUT2D eigenvalue weighted by Crippen LogP contribution is -2.08. The van der Waals surface area contributed by atoms with E-state index < -0.39 is 11.3 Å². The molecule has 0 heterocycles. The average Bonchev–Trinajstić information content (AvgIpc) is 3.23. The van der Waals surface area contributed by atoms with Crippen LogP contribution < -0.4 is 0 Å². The third kappa shape index (κ3) is 2.18. The van der Waals surface area contributed by atoms with E-state index in [1.807, 2.05) is 36.4 Å². The summed E-state index contributed by atoms with van der Waals surface area (Å²) in [5.41, 5.74) is 0.423. The number of Topliss-reactive ketones (excluding diaryl/α,β-unsaturated/α-hetero) is 1. The fraction of sp³-hybridized carbons (Fsp3) is 0.211. The van der Waals surface area contributed by atoms with Crippen LogP contribution in [0.4, 0.5) is 0 Å². The van der Waals surface area contributed by atoms with Gasteiger partial charge in [0.25, 0.3) is 0 Å². The van der Waals surface area contributed by atoms with E-state index in [9.17, 15) is 15.3 Å². The predicted molar refractivity (Wildman–Crippen MR) is 81.6 cm³/mol. The fourth-order valence-electron chi connectivity index (χ4n) is 3.11. The summed E-state index contributed by atoms with van der Waals surface area (Å²) in [6.45, 7) is 0. The minimum absolute atomic E-state index is 0.107. The Balaban J connectivity index is 1.88. The molecule has 0 radical (unpaired) electrons. The van der Waals surface area contributed by atoms with Crippen LogP contribution in [-0.2, 0) is 6.42 Å². The molecule has 2 aromatic carbocycles. The number of hydrogen-bond donors (Lipinski definition) is 0. The summed E-state index contributed by atoms with van der Waals surface area (Å²) in [5, 5.41) is 18.9. The number of nitrogens with zero attached hydrogens (tertiary/aromatic N) is 2. The molecule has 22 heavy (non-hydrogen) atoms. The highest BCUT2D eigenvalue weighted by Crippen LogP contribution is 2.60. The first-order valence-corrected chi connectivity index (χ1v) is 7.18. The Morgan fingerprint density at radius 1 is 0.955 bits per heavy atom. The van der Waals surface area contributed by atoms with E-state index in [1.165, 1.54) is 0 Å². The zero-order valence-corrected chi connectivity index (χ0v) is 11.9. The molecule has 0 spiro atoms. The summed E-state index contributed by atoms with van der Waals surface area (Å²) < 4.78 is 0. The Morgan fingerprint density at radius 2 is 1.50 bits per heavy atom. The van der Waals surface area contributed by atoms with Gasteiger partial charge in [0.05, 0.1) is 18.1 Å². The summed E-state index contributed by atoms with van der Waals surface area (Å²) in [5.74, 6) is -0.882. The van der Waals surface area contributed by atoms with Gasteiger partial charge in [0, 0.05) is 11.5 Å². The molecule has 2 atom stereocenters. The van der Waals surface area contributed by atoms with Crippen LogP contribution in [0.3, 0.4) is 0 Å². The van der Waals surface area contributed by atoms with Crippen LogP contribution in [0.25, 0.3) is 0 Å². The van der Waals surface area contributed by atoms with Gasteiger partial charge >= 0.3 is 0 Å². The molecule has 1 saturated carbocycles. The van der Waals surface area contributed by atoms with Crippen molar-refractivity contribution in [2.45, 2.75) is 6.42 Å². The highest BCUT2D eigenvalue weighted by molar-refractivity contribution is 6.01. The van der Waals surface area contributed by atoms with Crippen molar-refractivity contribution in [2.75, 3.05) is 0 Å². The number of nitriles is 2. The van der Waals surface area contributed by atoms with E-state index in [2.05, 4.69) is 12.1 Å². The second-order valence-corrected chi connectivity index (χ2v) is 5.60. The highest BCUT2D eigenvalue weighted by atomic mass is 16.1. The molecule has 3 rings (SSSR count). The summed E-state index contributed by atoms with van der Waals surface area (Å²) in [4.78, 5) is 12.6. The highest BCUT2D eigenvalue weighted by Gasteiger charge is 2.69. The fourth-order valence-corrected chi connectivity index (χ4v) is 3.11. The van der Waals surface area contributed by atoms with Gasteiger partial charge in [0.2, 0.25) is 0 Å². The van der Waals surface area contributed by atoms with E-state index in [1.54, 1.807) is 24.3 Å². The van der Waals surface area contributed by atoms with Gasteiger partial charge in [-0.05, 0) is 12.0 Å². The van der Waals surface area contributed by atoms with E-state index in [0.29, 0.717) is 12.0 Å². The van der Waals surface area contributed by atoms with Gasteiger partial charge in [0.1, 0.15) is 0 Å². The smallest absolute Gasteiger partial charge is 0.169 e. The molecule has 0 unspecified atom stereocenters. The molecule has 0 amide bonds. The van der Waals surface area contributed by atoms with E-state index in [0.717, 1.165) is 5.56 Å². The molecule has 0 bridgehead atoms. The number of benzene rings is 2. The SMILES string of the molecule is N#CC1(C#N)[C@H](Cc2ccccc2)[C@H]1C(=O)c1ccccc1. The Labute approximate surface area is 129 Å². The van der Waals surface area contributed by atoms with Crippen LogP contribution in [0.5, 0.6) is 0 Å². The lowest BCUT2D eigenvalue weighted by Gasteiger charge is -2.00. The van der Waals surface area contributed by atoms with Crippen LogP contribution in [0.1, 0.15) is 15.9 Å². The first-order chi connectivity index (χ1) is 10.7. The molecule has 1 aliphatic rings. The molecule has 0 N–H and O–H groups in total. The summed E-state index contributed by atoms with van der Waals surface area (Å²) in [6.07, 6.45) is 0.575. The van der Waals surface area contributed by atoms with E-state index in [4.69, 9.17) is 0 Å². The maximum Gasteiger partial charge on any atom is 0.169 e. The zero-order valence-electron chi connectivity index (χ0n) is 11.9. The predicted octanol–water partition coefficient (Wildman–Crippen LogP) is 3.39. The molecular weight excluding hydrogens is 272 g/mol. The number of carbonyl (C=O) groups is 1. The van der Waals surface area contributed by atoms with Crippen molar-refractivity contribution in [1.29, 1.82) is 10.5 Å². The van der Waals surface area contributed by atoms with Crippen LogP contribution in [0.2, 0.25) is 0 Å². The number of carbonyl (C=O) groups excluding carboxylic acids is 1. The van der Waals surface area contributed by atoms with Gasteiger partial charge < -0.3 is 0 Å². The molecule has 3 heteroatoms. The molecule has 1 aliphatic carbocycles. The van der Waals surface area contributed by atoms with Gasteiger partial charge in [-0.2, -0.15) is 10.5 Å². The lowest BCUT2D eigenvalue weighted by molar-refractivity contribution is 0.0955. The summed E-state index contributed by atoms with van der Waals surface area (Å²) in [6, 6.07) is 22.8. The van der Waals surface area contributed by atoms with Crippen LogP contribution in [0.15, 0.2) is 60.7 Å². The molecule has 0 aromatic heterocycles. The first kappa shape index (κ1) is 14.0. The second kappa shape index (κ2) is 5.47. The number of hydrogen-bond acceptors (Lipinski definition) is 3. The summed E-state index contributed by atoms with van der Waals surface area (Å²) in [7, 11) is 0. The van der Waals surface area contributed by atoms with Crippen LogP contribution >= 0.6 is 0 Å². The molecular formula is C19H14N2O. The molecule has 1 fully saturated rings. The van der Waals surface area contributed by atoms with E-state index >= 15 is 0 Å². The number of rotatable bonds is 4. The van der Waals surface area contributed by atoms with Crippen molar-refractivity contribution in [3.05, 3.63) is 71.8 Å². The third-order valence-corrected chi connectivity index (χ3v) is 4.38. The standard InChI is InChI=1S/C19H14N2O/c20-12-19(13-21)16(11-14-7-3-1-4-8-14)17(19)18(22)15-9-5-2-6-10-15/h1-10,16-17H,11H2/t16-,17+/m1/s1. The van der Waals surface area contributed by atoms with Crippen molar-refractivity contribution in [1.82, 2.24) is 0 Å². The monoisotopic (exact) mass is 286 g/mol. The normalized spacial score (nSPS) is 21.4. The Morgan fingerprint density at radius 3 is 2.05 bits per heavy atom. The van der Waals surface area contributed by atoms with Crippen molar-refractivity contribution in [3.63, 3.8) is 0 Å². The van der Waals surface area contributed by atoms with Gasteiger partial charge in [-0.3, -0.25) is 4.79 Å². The molecule has 3 nitrogen and oxygen atoms in total.